The fraction of sp³-hybridized carbons (Fsp3) is 0.529. The first kappa shape index (κ1) is 16.2. The second-order valence-corrected chi connectivity index (χ2v) is 5.53. The van der Waals surface area contributed by atoms with Gasteiger partial charge in [-0.15, -0.1) is 0 Å². The molecule has 0 unspecified atom stereocenters. The molecule has 1 aromatic rings. The summed E-state index contributed by atoms with van der Waals surface area (Å²) in [7, 11) is 3.16. The Hall–Kier alpha value is -2.22. The summed E-state index contributed by atoms with van der Waals surface area (Å²) in [6.07, 6.45) is 1.49. The minimum atomic E-state index is -0.565. The highest BCUT2D eigenvalue weighted by atomic mass is 16.5. The SMILES string of the molecule is CC[C@H](C)C(=O)N1CCc2cc(OC)c(OC)cc2[C@H]1C#N. The summed E-state index contributed by atoms with van der Waals surface area (Å²) in [4.78, 5) is 14.2. The zero-order chi connectivity index (χ0) is 16.3. The fourth-order valence-electron chi connectivity index (χ4n) is 2.78. The predicted molar refractivity (Wildman–Crippen MR) is 82.8 cm³/mol. The number of nitrogens with zero attached hydrogens (tertiary/aromatic N) is 2. The van der Waals surface area contributed by atoms with Crippen molar-refractivity contribution in [3.05, 3.63) is 23.3 Å². The van der Waals surface area contributed by atoms with Gasteiger partial charge in [0, 0.05) is 12.5 Å². The maximum atomic E-state index is 12.5. The topological polar surface area (TPSA) is 62.6 Å². The third-order valence-corrected chi connectivity index (χ3v) is 4.31. The highest BCUT2D eigenvalue weighted by Gasteiger charge is 2.33. The molecule has 0 aromatic heterocycles. The average molecular weight is 302 g/mol. The molecule has 0 N–H and O–H groups in total. The Kier molecular flexibility index (Phi) is 4.92. The van der Waals surface area contributed by atoms with Crippen LogP contribution >= 0.6 is 0 Å². The molecule has 0 bridgehead atoms. The van der Waals surface area contributed by atoms with Crippen LogP contribution in [0.5, 0.6) is 11.5 Å². The van der Waals surface area contributed by atoms with E-state index < -0.39 is 6.04 Å². The van der Waals surface area contributed by atoms with Gasteiger partial charge in [0.1, 0.15) is 6.04 Å². The van der Waals surface area contributed by atoms with E-state index in [4.69, 9.17) is 9.47 Å². The van der Waals surface area contributed by atoms with Crippen molar-refractivity contribution in [3.63, 3.8) is 0 Å². The monoisotopic (exact) mass is 302 g/mol. The minimum absolute atomic E-state index is 0.0366. The van der Waals surface area contributed by atoms with E-state index in [2.05, 4.69) is 6.07 Å². The molecule has 5 heteroatoms. The van der Waals surface area contributed by atoms with E-state index in [9.17, 15) is 10.1 Å². The molecule has 22 heavy (non-hydrogen) atoms. The van der Waals surface area contributed by atoms with E-state index in [1.807, 2.05) is 26.0 Å². The van der Waals surface area contributed by atoms with Gasteiger partial charge >= 0.3 is 0 Å². The summed E-state index contributed by atoms with van der Waals surface area (Å²) in [5.74, 6) is 1.20. The van der Waals surface area contributed by atoms with Crippen molar-refractivity contribution in [1.82, 2.24) is 4.90 Å². The number of ether oxygens (including phenoxy) is 2. The number of carbonyl (C=O) groups excluding carboxylic acids is 1. The maximum absolute atomic E-state index is 12.5. The second-order valence-electron chi connectivity index (χ2n) is 5.53. The second kappa shape index (κ2) is 6.69. The molecule has 0 aliphatic carbocycles. The lowest BCUT2D eigenvalue weighted by Gasteiger charge is -2.35. The Morgan fingerprint density at radius 3 is 2.59 bits per heavy atom. The van der Waals surface area contributed by atoms with Crippen LogP contribution < -0.4 is 9.47 Å². The molecule has 2 rings (SSSR count). The lowest BCUT2D eigenvalue weighted by molar-refractivity contribution is -0.136. The van der Waals surface area contributed by atoms with Crippen LogP contribution in [0.3, 0.4) is 0 Å². The molecule has 5 nitrogen and oxygen atoms in total. The number of benzene rings is 1. The third-order valence-electron chi connectivity index (χ3n) is 4.31. The van der Waals surface area contributed by atoms with Crippen molar-refractivity contribution < 1.29 is 14.3 Å². The molecule has 1 amide bonds. The summed E-state index contributed by atoms with van der Waals surface area (Å²) < 4.78 is 10.6. The lowest BCUT2D eigenvalue weighted by Crippen LogP contribution is -2.42. The fourth-order valence-corrected chi connectivity index (χ4v) is 2.78. The van der Waals surface area contributed by atoms with Gasteiger partial charge in [-0.3, -0.25) is 4.79 Å². The van der Waals surface area contributed by atoms with Crippen LogP contribution in [0.4, 0.5) is 0 Å². The Morgan fingerprint density at radius 2 is 2.05 bits per heavy atom. The smallest absolute Gasteiger partial charge is 0.226 e. The van der Waals surface area contributed by atoms with Crippen molar-refractivity contribution in [1.29, 1.82) is 5.26 Å². The Bertz CT molecular complexity index is 607. The standard InChI is InChI=1S/C17H22N2O3/c1-5-11(2)17(20)19-7-6-12-8-15(21-3)16(22-4)9-13(12)14(19)10-18/h8-9,11,14H,5-7H2,1-4H3/t11-,14+/m0/s1. The quantitative estimate of drug-likeness (QED) is 0.858. The van der Waals surface area contributed by atoms with Crippen LogP contribution in [0, 0.1) is 17.2 Å². The molecule has 0 spiro atoms. The first-order valence-electron chi connectivity index (χ1n) is 7.52. The van der Waals surface area contributed by atoms with Gasteiger partial charge in [-0.05, 0) is 36.1 Å². The van der Waals surface area contributed by atoms with Crippen molar-refractivity contribution in [2.75, 3.05) is 20.8 Å². The molecule has 1 aromatic carbocycles. The van der Waals surface area contributed by atoms with Crippen LogP contribution in [0.15, 0.2) is 12.1 Å². The largest absolute Gasteiger partial charge is 0.493 e. The minimum Gasteiger partial charge on any atom is -0.493 e. The molecular formula is C17H22N2O3. The number of hydrogen-bond acceptors (Lipinski definition) is 4. The van der Waals surface area contributed by atoms with E-state index in [-0.39, 0.29) is 11.8 Å². The first-order chi connectivity index (χ1) is 10.6. The summed E-state index contributed by atoms with van der Waals surface area (Å²) in [6.45, 7) is 4.44. The third kappa shape index (κ3) is 2.74. The van der Waals surface area contributed by atoms with E-state index >= 15 is 0 Å². The van der Waals surface area contributed by atoms with Gasteiger partial charge in [0.25, 0.3) is 0 Å². The first-order valence-corrected chi connectivity index (χ1v) is 7.52. The van der Waals surface area contributed by atoms with Crippen molar-refractivity contribution in [2.45, 2.75) is 32.7 Å². The molecule has 2 atom stereocenters. The van der Waals surface area contributed by atoms with Gasteiger partial charge in [0.15, 0.2) is 11.5 Å². The highest BCUT2D eigenvalue weighted by Crippen LogP contribution is 2.38. The number of methoxy groups -OCH3 is 2. The molecule has 0 saturated carbocycles. The number of fused-ring (bicyclic) bond motifs is 1. The molecule has 1 aliphatic rings. The highest BCUT2D eigenvalue weighted by molar-refractivity contribution is 5.80. The summed E-state index contributed by atoms with van der Waals surface area (Å²) >= 11 is 0. The molecule has 118 valence electrons. The number of carbonyl (C=O) groups is 1. The molecular weight excluding hydrogens is 280 g/mol. The maximum Gasteiger partial charge on any atom is 0.226 e. The average Bonchev–Trinajstić information content (AvgIpc) is 2.57. The molecule has 0 radical (unpaired) electrons. The van der Waals surface area contributed by atoms with Crippen LogP contribution in [-0.4, -0.2) is 31.6 Å². The van der Waals surface area contributed by atoms with Crippen molar-refractivity contribution >= 4 is 5.91 Å². The van der Waals surface area contributed by atoms with Crippen LogP contribution in [0.2, 0.25) is 0 Å². The van der Waals surface area contributed by atoms with E-state index in [1.165, 1.54) is 0 Å². The van der Waals surface area contributed by atoms with Gasteiger partial charge < -0.3 is 14.4 Å². The van der Waals surface area contributed by atoms with Crippen molar-refractivity contribution in [2.24, 2.45) is 5.92 Å². The number of nitriles is 1. The van der Waals surface area contributed by atoms with Gasteiger partial charge in [-0.25, -0.2) is 0 Å². The van der Waals surface area contributed by atoms with Crippen LogP contribution in [0.25, 0.3) is 0 Å². The summed E-state index contributed by atoms with van der Waals surface area (Å²) in [5.41, 5.74) is 1.88. The molecule has 1 heterocycles. The normalized spacial score (nSPS) is 18.1. The molecule has 1 aliphatic heterocycles. The van der Waals surface area contributed by atoms with Gasteiger partial charge in [0.05, 0.1) is 20.3 Å². The molecule has 0 saturated heterocycles. The Labute approximate surface area is 131 Å². The number of hydrogen-bond donors (Lipinski definition) is 0. The van der Waals surface area contributed by atoms with Crippen LogP contribution in [0.1, 0.15) is 37.4 Å². The number of rotatable bonds is 4. The zero-order valence-electron chi connectivity index (χ0n) is 13.5. The van der Waals surface area contributed by atoms with Gasteiger partial charge in [-0.2, -0.15) is 5.26 Å². The number of amides is 1. The Morgan fingerprint density at radius 1 is 1.41 bits per heavy atom. The lowest BCUT2D eigenvalue weighted by atomic mass is 9.91. The van der Waals surface area contributed by atoms with Crippen LogP contribution in [-0.2, 0) is 11.2 Å². The van der Waals surface area contributed by atoms with Gasteiger partial charge in [0.2, 0.25) is 5.91 Å². The summed E-state index contributed by atoms with van der Waals surface area (Å²) in [6, 6.07) is 5.43. The van der Waals surface area contributed by atoms with Gasteiger partial charge in [-0.1, -0.05) is 13.8 Å². The van der Waals surface area contributed by atoms with E-state index in [1.54, 1.807) is 19.1 Å². The summed E-state index contributed by atoms with van der Waals surface area (Å²) in [5, 5.41) is 9.59. The zero-order valence-corrected chi connectivity index (χ0v) is 13.5. The Balaban J connectivity index is 2.43. The van der Waals surface area contributed by atoms with E-state index in [0.717, 1.165) is 24.0 Å². The van der Waals surface area contributed by atoms with E-state index in [0.29, 0.717) is 18.0 Å². The van der Waals surface area contributed by atoms with Crippen molar-refractivity contribution in [3.8, 4) is 17.6 Å². The predicted octanol–water partition coefficient (Wildman–Crippen LogP) is 2.70. The molecule has 0 fully saturated rings.